The van der Waals surface area contributed by atoms with Crippen LogP contribution in [0.5, 0.6) is 0 Å². The zero-order valence-corrected chi connectivity index (χ0v) is 14.5. The first-order chi connectivity index (χ1) is 12.2. The standard InChI is InChI=1S/C19H22N6/c1-13-8-17(24-23-13)19-18(15-6-4-3-5-7-15)22-12-25(19)11-16-10-20-14(2)9-21-16/h3-7,9-10,12-13,17,23-24H,8,11H2,1-2H3. The van der Waals surface area contributed by atoms with Gasteiger partial charge in [-0.25, -0.2) is 10.4 Å². The second-order valence-electron chi connectivity index (χ2n) is 6.60. The number of hydrazine groups is 1. The summed E-state index contributed by atoms with van der Waals surface area (Å²) < 4.78 is 2.18. The molecule has 128 valence electrons. The van der Waals surface area contributed by atoms with Crippen molar-refractivity contribution in [3.05, 3.63) is 66.1 Å². The maximum Gasteiger partial charge on any atom is 0.0960 e. The Morgan fingerprint density at radius 2 is 1.92 bits per heavy atom. The number of imidazole rings is 1. The van der Waals surface area contributed by atoms with Gasteiger partial charge in [0, 0.05) is 17.8 Å². The first-order valence-electron chi connectivity index (χ1n) is 8.59. The zero-order valence-electron chi connectivity index (χ0n) is 14.5. The number of benzene rings is 1. The van der Waals surface area contributed by atoms with Gasteiger partial charge in [-0.15, -0.1) is 0 Å². The van der Waals surface area contributed by atoms with E-state index in [-0.39, 0.29) is 6.04 Å². The van der Waals surface area contributed by atoms with Crippen LogP contribution < -0.4 is 10.9 Å². The number of nitrogens with zero attached hydrogens (tertiary/aromatic N) is 4. The summed E-state index contributed by atoms with van der Waals surface area (Å²) in [5, 5.41) is 0. The van der Waals surface area contributed by atoms with Crippen molar-refractivity contribution in [2.45, 2.75) is 38.9 Å². The lowest BCUT2D eigenvalue weighted by Crippen LogP contribution is -2.29. The van der Waals surface area contributed by atoms with E-state index < -0.39 is 0 Å². The Balaban J connectivity index is 1.73. The SMILES string of the molecule is Cc1cnc(Cn2cnc(-c3ccccc3)c2C2CC(C)NN2)cn1. The highest BCUT2D eigenvalue weighted by Gasteiger charge is 2.28. The summed E-state index contributed by atoms with van der Waals surface area (Å²) in [5.74, 6) is 0. The molecule has 0 amide bonds. The van der Waals surface area contributed by atoms with E-state index in [4.69, 9.17) is 4.98 Å². The number of aromatic nitrogens is 4. The molecule has 3 aromatic rings. The number of aryl methyl sites for hydroxylation is 1. The second-order valence-corrected chi connectivity index (χ2v) is 6.60. The van der Waals surface area contributed by atoms with Crippen LogP contribution in [0.15, 0.2) is 49.1 Å². The van der Waals surface area contributed by atoms with Crippen molar-refractivity contribution in [1.82, 2.24) is 30.4 Å². The van der Waals surface area contributed by atoms with Crippen LogP contribution in [0.1, 0.15) is 36.5 Å². The van der Waals surface area contributed by atoms with Gasteiger partial charge in [-0.05, 0) is 20.3 Å². The Labute approximate surface area is 147 Å². The van der Waals surface area contributed by atoms with Crippen LogP contribution >= 0.6 is 0 Å². The van der Waals surface area contributed by atoms with E-state index in [0.717, 1.165) is 29.1 Å². The predicted octanol–water partition coefficient (Wildman–Crippen LogP) is 2.62. The third-order valence-electron chi connectivity index (χ3n) is 4.52. The molecule has 3 heterocycles. The molecule has 1 saturated heterocycles. The molecule has 0 aliphatic carbocycles. The third kappa shape index (κ3) is 3.31. The summed E-state index contributed by atoms with van der Waals surface area (Å²) in [7, 11) is 0. The number of rotatable bonds is 4. The largest absolute Gasteiger partial charge is 0.326 e. The fourth-order valence-corrected chi connectivity index (χ4v) is 3.27. The van der Waals surface area contributed by atoms with Gasteiger partial charge in [-0.3, -0.25) is 15.4 Å². The first kappa shape index (κ1) is 15.9. The number of hydrogen-bond acceptors (Lipinski definition) is 5. The molecule has 0 radical (unpaired) electrons. The van der Waals surface area contributed by atoms with Crippen LogP contribution in [0.2, 0.25) is 0 Å². The highest BCUT2D eigenvalue weighted by atomic mass is 15.4. The summed E-state index contributed by atoms with van der Waals surface area (Å²) in [6.07, 6.45) is 6.57. The summed E-state index contributed by atoms with van der Waals surface area (Å²) in [6, 6.07) is 11.0. The van der Waals surface area contributed by atoms with Crippen molar-refractivity contribution in [3.8, 4) is 11.3 Å². The van der Waals surface area contributed by atoms with E-state index in [2.05, 4.69) is 44.4 Å². The van der Waals surface area contributed by atoms with Crippen molar-refractivity contribution >= 4 is 0 Å². The minimum atomic E-state index is 0.214. The van der Waals surface area contributed by atoms with Crippen molar-refractivity contribution in [2.75, 3.05) is 0 Å². The third-order valence-corrected chi connectivity index (χ3v) is 4.52. The smallest absolute Gasteiger partial charge is 0.0960 e. The Hall–Kier alpha value is -2.57. The van der Waals surface area contributed by atoms with Crippen LogP contribution in [0, 0.1) is 6.92 Å². The minimum Gasteiger partial charge on any atom is -0.326 e. The summed E-state index contributed by atoms with van der Waals surface area (Å²) in [5.41, 5.74) is 11.9. The predicted molar refractivity (Wildman–Crippen MR) is 96.6 cm³/mol. The molecule has 6 nitrogen and oxygen atoms in total. The average molecular weight is 334 g/mol. The molecule has 2 N–H and O–H groups in total. The van der Waals surface area contributed by atoms with Crippen LogP contribution in [0.4, 0.5) is 0 Å². The molecule has 25 heavy (non-hydrogen) atoms. The summed E-state index contributed by atoms with van der Waals surface area (Å²) in [6.45, 7) is 4.79. The minimum absolute atomic E-state index is 0.214. The molecular weight excluding hydrogens is 312 g/mol. The van der Waals surface area contributed by atoms with Gasteiger partial charge >= 0.3 is 0 Å². The Morgan fingerprint density at radius 1 is 1.08 bits per heavy atom. The Bertz CT molecular complexity index is 840. The topological polar surface area (TPSA) is 67.7 Å². The zero-order chi connectivity index (χ0) is 17.2. The summed E-state index contributed by atoms with van der Waals surface area (Å²) >= 11 is 0. The molecule has 6 heteroatoms. The van der Waals surface area contributed by atoms with E-state index >= 15 is 0 Å². The van der Waals surface area contributed by atoms with Gasteiger partial charge in [0.2, 0.25) is 0 Å². The van der Waals surface area contributed by atoms with Crippen molar-refractivity contribution < 1.29 is 0 Å². The number of nitrogens with one attached hydrogen (secondary N) is 2. The van der Waals surface area contributed by atoms with E-state index in [9.17, 15) is 0 Å². The molecule has 2 aromatic heterocycles. The number of hydrogen-bond donors (Lipinski definition) is 2. The van der Waals surface area contributed by atoms with Gasteiger partial charge in [0.05, 0.1) is 47.9 Å². The molecule has 1 aliphatic heterocycles. The van der Waals surface area contributed by atoms with E-state index in [0.29, 0.717) is 12.6 Å². The monoisotopic (exact) mass is 334 g/mol. The van der Waals surface area contributed by atoms with E-state index in [1.807, 2.05) is 43.8 Å². The molecule has 1 aromatic carbocycles. The fourth-order valence-electron chi connectivity index (χ4n) is 3.27. The normalized spacial score (nSPS) is 20.1. The first-order valence-corrected chi connectivity index (χ1v) is 8.59. The maximum absolute atomic E-state index is 4.72. The van der Waals surface area contributed by atoms with E-state index in [1.54, 1.807) is 0 Å². The van der Waals surface area contributed by atoms with Gasteiger partial charge in [0.1, 0.15) is 0 Å². The van der Waals surface area contributed by atoms with Crippen LogP contribution in [-0.2, 0) is 6.54 Å². The average Bonchev–Trinajstić information content (AvgIpc) is 3.24. The lowest BCUT2D eigenvalue weighted by molar-refractivity contribution is 0.535. The molecule has 0 spiro atoms. The van der Waals surface area contributed by atoms with Gasteiger partial charge in [0.25, 0.3) is 0 Å². The Morgan fingerprint density at radius 3 is 2.60 bits per heavy atom. The maximum atomic E-state index is 4.72. The highest BCUT2D eigenvalue weighted by molar-refractivity contribution is 5.62. The van der Waals surface area contributed by atoms with Crippen molar-refractivity contribution in [3.63, 3.8) is 0 Å². The highest BCUT2D eigenvalue weighted by Crippen LogP contribution is 2.31. The van der Waals surface area contributed by atoms with Gasteiger partial charge in [-0.1, -0.05) is 30.3 Å². The second kappa shape index (κ2) is 6.74. The molecule has 0 saturated carbocycles. The van der Waals surface area contributed by atoms with Crippen LogP contribution in [0.25, 0.3) is 11.3 Å². The van der Waals surface area contributed by atoms with E-state index in [1.165, 1.54) is 5.69 Å². The van der Waals surface area contributed by atoms with Crippen molar-refractivity contribution in [1.29, 1.82) is 0 Å². The lowest BCUT2D eigenvalue weighted by Gasteiger charge is -2.16. The quantitative estimate of drug-likeness (QED) is 0.768. The molecule has 4 rings (SSSR count). The van der Waals surface area contributed by atoms with Gasteiger partial charge in [-0.2, -0.15) is 0 Å². The van der Waals surface area contributed by atoms with Crippen LogP contribution in [0.3, 0.4) is 0 Å². The molecule has 1 fully saturated rings. The van der Waals surface area contributed by atoms with Gasteiger partial charge < -0.3 is 4.57 Å². The molecule has 2 unspecified atom stereocenters. The molecule has 0 bridgehead atoms. The van der Waals surface area contributed by atoms with Crippen LogP contribution in [-0.4, -0.2) is 25.6 Å². The van der Waals surface area contributed by atoms with Gasteiger partial charge in [0.15, 0.2) is 0 Å². The Kier molecular flexibility index (Phi) is 4.29. The summed E-state index contributed by atoms with van der Waals surface area (Å²) in [4.78, 5) is 13.6. The lowest BCUT2D eigenvalue weighted by atomic mass is 10.0. The fraction of sp³-hybridized carbons (Fsp3) is 0.316. The molecule has 2 atom stereocenters. The molecular formula is C19H22N6. The van der Waals surface area contributed by atoms with Crippen molar-refractivity contribution in [2.24, 2.45) is 0 Å². The molecule has 1 aliphatic rings.